The van der Waals surface area contributed by atoms with Gasteiger partial charge in [-0.3, -0.25) is 4.79 Å². The lowest BCUT2D eigenvalue weighted by molar-refractivity contribution is 0.0698. The fourth-order valence-corrected chi connectivity index (χ4v) is 2.06. The number of carboxylic acids is 1. The predicted octanol–water partition coefficient (Wildman–Crippen LogP) is 3.65. The number of rotatable bonds is 3. The molecule has 0 saturated carbocycles. The summed E-state index contributed by atoms with van der Waals surface area (Å²) in [6.45, 7) is 0. The summed E-state index contributed by atoms with van der Waals surface area (Å²) in [6.07, 6.45) is 0. The number of amides is 1. The maximum absolute atomic E-state index is 12.1. The normalized spacial score (nSPS) is 10.2. The third kappa shape index (κ3) is 3.45. The standard InChI is InChI=1S/C14H9Cl2NO4/c15-7-1-3-9(14(20)21)12(5-7)17-13(19)10-6-8(18)2-4-11(10)16/h1-6,18H,(H,17,19)(H,20,21). The summed E-state index contributed by atoms with van der Waals surface area (Å²) >= 11 is 11.7. The van der Waals surface area contributed by atoms with Crippen molar-refractivity contribution in [1.82, 2.24) is 0 Å². The van der Waals surface area contributed by atoms with E-state index in [9.17, 15) is 14.7 Å². The molecule has 0 atom stereocenters. The minimum atomic E-state index is -1.20. The Labute approximate surface area is 129 Å². The molecule has 0 saturated heterocycles. The summed E-state index contributed by atoms with van der Waals surface area (Å²) in [5.74, 6) is -1.99. The molecule has 0 fully saturated rings. The summed E-state index contributed by atoms with van der Waals surface area (Å²) < 4.78 is 0. The van der Waals surface area contributed by atoms with Crippen LogP contribution in [0.2, 0.25) is 10.0 Å². The van der Waals surface area contributed by atoms with Gasteiger partial charge in [0.2, 0.25) is 0 Å². The van der Waals surface area contributed by atoms with Crippen LogP contribution < -0.4 is 5.32 Å². The number of carboxylic acid groups (broad SMARTS) is 1. The molecule has 0 heterocycles. The smallest absolute Gasteiger partial charge is 0.337 e. The maximum Gasteiger partial charge on any atom is 0.337 e. The number of aromatic hydroxyl groups is 1. The number of hydrogen-bond donors (Lipinski definition) is 3. The van der Waals surface area contributed by atoms with E-state index in [2.05, 4.69) is 5.32 Å². The van der Waals surface area contributed by atoms with Gasteiger partial charge < -0.3 is 15.5 Å². The second-order valence-corrected chi connectivity index (χ2v) is 4.96. The molecule has 2 rings (SSSR count). The van der Waals surface area contributed by atoms with E-state index in [0.717, 1.165) is 0 Å². The van der Waals surface area contributed by atoms with Crippen molar-refractivity contribution in [3.63, 3.8) is 0 Å². The number of anilines is 1. The van der Waals surface area contributed by atoms with Crippen LogP contribution in [0.1, 0.15) is 20.7 Å². The van der Waals surface area contributed by atoms with Gasteiger partial charge in [-0.25, -0.2) is 4.79 Å². The van der Waals surface area contributed by atoms with Gasteiger partial charge in [-0.2, -0.15) is 0 Å². The highest BCUT2D eigenvalue weighted by molar-refractivity contribution is 6.34. The molecule has 0 aliphatic heterocycles. The van der Waals surface area contributed by atoms with E-state index in [4.69, 9.17) is 28.3 Å². The first-order chi connectivity index (χ1) is 9.88. The predicted molar refractivity (Wildman–Crippen MR) is 79.5 cm³/mol. The Kier molecular flexibility index (Phi) is 4.35. The lowest BCUT2D eigenvalue weighted by atomic mass is 10.1. The Morgan fingerprint density at radius 3 is 2.38 bits per heavy atom. The van der Waals surface area contributed by atoms with Crippen LogP contribution in [0.5, 0.6) is 5.75 Å². The molecule has 3 N–H and O–H groups in total. The summed E-state index contributed by atoms with van der Waals surface area (Å²) in [7, 11) is 0. The van der Waals surface area contributed by atoms with Crippen molar-refractivity contribution in [3.05, 3.63) is 57.6 Å². The number of phenols is 1. The van der Waals surface area contributed by atoms with Gasteiger partial charge in [0.15, 0.2) is 0 Å². The van der Waals surface area contributed by atoms with E-state index in [0.29, 0.717) is 0 Å². The van der Waals surface area contributed by atoms with Gasteiger partial charge >= 0.3 is 5.97 Å². The SMILES string of the molecule is O=C(Nc1cc(Cl)ccc1C(=O)O)c1cc(O)ccc1Cl. The average molecular weight is 326 g/mol. The summed E-state index contributed by atoms with van der Waals surface area (Å²) in [6, 6.07) is 7.89. The fraction of sp³-hybridized carbons (Fsp3) is 0. The van der Waals surface area contributed by atoms with Crippen molar-refractivity contribution in [2.24, 2.45) is 0 Å². The molecule has 7 heteroatoms. The molecule has 21 heavy (non-hydrogen) atoms. The molecule has 0 radical (unpaired) electrons. The Morgan fingerprint density at radius 2 is 1.71 bits per heavy atom. The van der Waals surface area contributed by atoms with E-state index in [1.165, 1.54) is 36.4 Å². The van der Waals surface area contributed by atoms with Crippen LogP contribution in [0.15, 0.2) is 36.4 Å². The zero-order valence-electron chi connectivity index (χ0n) is 10.4. The van der Waals surface area contributed by atoms with Crippen molar-refractivity contribution in [1.29, 1.82) is 0 Å². The Bertz CT molecular complexity index is 731. The number of carbonyl (C=O) groups excluding carboxylic acids is 1. The Morgan fingerprint density at radius 1 is 1.00 bits per heavy atom. The molecule has 0 bridgehead atoms. The molecule has 2 aromatic rings. The number of halogens is 2. The second kappa shape index (κ2) is 6.03. The van der Waals surface area contributed by atoms with Crippen LogP contribution in [0, 0.1) is 0 Å². The van der Waals surface area contributed by atoms with Gasteiger partial charge in [-0.1, -0.05) is 23.2 Å². The van der Waals surface area contributed by atoms with Crippen LogP contribution in [-0.2, 0) is 0 Å². The molecule has 5 nitrogen and oxygen atoms in total. The number of nitrogens with one attached hydrogen (secondary N) is 1. The number of benzene rings is 2. The molecule has 108 valence electrons. The average Bonchev–Trinajstić information content (AvgIpc) is 2.41. The number of phenolic OH excluding ortho intramolecular Hbond substituents is 1. The van der Waals surface area contributed by atoms with Crippen LogP contribution in [0.25, 0.3) is 0 Å². The van der Waals surface area contributed by atoms with Gasteiger partial charge in [-0.05, 0) is 36.4 Å². The molecule has 2 aromatic carbocycles. The largest absolute Gasteiger partial charge is 0.508 e. The molecule has 0 aromatic heterocycles. The molecule has 1 amide bonds. The minimum absolute atomic E-state index is 0.0213. The number of carbonyl (C=O) groups is 2. The molecule has 0 aliphatic carbocycles. The topological polar surface area (TPSA) is 86.6 Å². The molecule has 0 aliphatic rings. The van der Waals surface area contributed by atoms with Gasteiger partial charge in [0.1, 0.15) is 5.75 Å². The first-order valence-corrected chi connectivity index (χ1v) is 6.47. The van der Waals surface area contributed by atoms with E-state index in [1.807, 2.05) is 0 Å². The first-order valence-electron chi connectivity index (χ1n) is 5.71. The maximum atomic E-state index is 12.1. The second-order valence-electron chi connectivity index (χ2n) is 4.11. The summed E-state index contributed by atoms with van der Waals surface area (Å²) in [5, 5.41) is 21.3. The fourth-order valence-electron chi connectivity index (χ4n) is 1.68. The highest BCUT2D eigenvalue weighted by atomic mass is 35.5. The summed E-state index contributed by atoms with van der Waals surface area (Å²) in [5.41, 5.74) is -0.0450. The first kappa shape index (κ1) is 15.2. The third-order valence-corrected chi connectivity index (χ3v) is 3.22. The van der Waals surface area contributed by atoms with Crippen molar-refractivity contribution in [2.45, 2.75) is 0 Å². The van der Waals surface area contributed by atoms with E-state index >= 15 is 0 Å². The molecule has 0 spiro atoms. The van der Waals surface area contributed by atoms with Crippen LogP contribution in [0.3, 0.4) is 0 Å². The van der Waals surface area contributed by atoms with Crippen LogP contribution >= 0.6 is 23.2 Å². The van der Waals surface area contributed by atoms with Crippen molar-refractivity contribution < 1.29 is 19.8 Å². The Balaban J connectivity index is 2.38. The van der Waals surface area contributed by atoms with Crippen molar-refractivity contribution in [2.75, 3.05) is 5.32 Å². The Hall–Kier alpha value is -2.24. The van der Waals surface area contributed by atoms with E-state index in [-0.39, 0.29) is 32.6 Å². The van der Waals surface area contributed by atoms with Crippen molar-refractivity contribution >= 4 is 40.8 Å². The zero-order chi connectivity index (χ0) is 15.6. The quantitative estimate of drug-likeness (QED) is 0.803. The van der Waals surface area contributed by atoms with Gasteiger partial charge in [0, 0.05) is 5.02 Å². The lowest BCUT2D eigenvalue weighted by Gasteiger charge is -2.10. The zero-order valence-corrected chi connectivity index (χ0v) is 11.9. The van der Waals surface area contributed by atoms with Crippen molar-refractivity contribution in [3.8, 4) is 5.75 Å². The van der Waals surface area contributed by atoms with E-state index in [1.54, 1.807) is 0 Å². The summed E-state index contributed by atoms with van der Waals surface area (Å²) in [4.78, 5) is 23.2. The highest BCUT2D eigenvalue weighted by Gasteiger charge is 2.16. The molecule has 0 unspecified atom stereocenters. The van der Waals surface area contributed by atoms with Gasteiger partial charge in [0.25, 0.3) is 5.91 Å². The van der Waals surface area contributed by atoms with Crippen LogP contribution in [0.4, 0.5) is 5.69 Å². The number of aromatic carboxylic acids is 1. The minimum Gasteiger partial charge on any atom is -0.508 e. The van der Waals surface area contributed by atoms with E-state index < -0.39 is 11.9 Å². The molecular formula is C14H9Cl2NO4. The van der Waals surface area contributed by atoms with Gasteiger partial charge in [-0.15, -0.1) is 0 Å². The number of hydrogen-bond acceptors (Lipinski definition) is 3. The molecular weight excluding hydrogens is 317 g/mol. The third-order valence-electron chi connectivity index (χ3n) is 2.65. The van der Waals surface area contributed by atoms with Crippen LogP contribution in [-0.4, -0.2) is 22.1 Å². The monoisotopic (exact) mass is 325 g/mol. The van der Waals surface area contributed by atoms with Gasteiger partial charge in [0.05, 0.1) is 21.8 Å². The highest BCUT2D eigenvalue weighted by Crippen LogP contribution is 2.25. The lowest BCUT2D eigenvalue weighted by Crippen LogP contribution is -2.15.